The fourth-order valence-electron chi connectivity index (χ4n) is 1.41. The number of carboxylic acids is 1. The van der Waals surface area contributed by atoms with Gasteiger partial charge in [-0.15, -0.1) is 0 Å². The fourth-order valence-corrected chi connectivity index (χ4v) is 1.77. The van der Waals surface area contributed by atoms with E-state index in [2.05, 4.69) is 4.98 Å². The smallest absolute Gasteiger partial charge is 0.337 e. The molecule has 0 amide bonds. The summed E-state index contributed by atoms with van der Waals surface area (Å²) in [4.78, 5) is 24.6. The molecule has 0 saturated heterocycles. The normalized spacial score (nSPS) is 10.2. The minimum Gasteiger partial charge on any atom is -0.478 e. The standard InChI is InChI=1S/C12H6Cl2N2O5/c13-8-2-1-7(16(19)20)4-10(8)21-11-9(14)3-6(5-15-11)12(17)18/h1-5H,(H,17,18). The van der Waals surface area contributed by atoms with E-state index in [-0.39, 0.29) is 32.9 Å². The monoisotopic (exact) mass is 328 g/mol. The first-order chi connectivity index (χ1) is 9.88. The highest BCUT2D eigenvalue weighted by molar-refractivity contribution is 6.33. The Morgan fingerprint density at radius 2 is 2.00 bits per heavy atom. The van der Waals surface area contributed by atoms with E-state index in [9.17, 15) is 14.9 Å². The fraction of sp³-hybridized carbons (Fsp3) is 0. The molecule has 1 aromatic carbocycles. The average Bonchev–Trinajstić information content (AvgIpc) is 2.42. The van der Waals surface area contributed by atoms with Gasteiger partial charge in [-0.05, 0) is 12.1 Å². The minimum atomic E-state index is -1.19. The predicted octanol–water partition coefficient (Wildman–Crippen LogP) is 3.79. The van der Waals surface area contributed by atoms with E-state index in [1.54, 1.807) is 0 Å². The molecule has 1 heterocycles. The third kappa shape index (κ3) is 3.39. The van der Waals surface area contributed by atoms with Gasteiger partial charge in [0.15, 0.2) is 5.75 Å². The molecule has 21 heavy (non-hydrogen) atoms. The summed E-state index contributed by atoms with van der Waals surface area (Å²) < 4.78 is 5.29. The van der Waals surface area contributed by atoms with Gasteiger partial charge in [-0.1, -0.05) is 23.2 Å². The highest BCUT2D eigenvalue weighted by Gasteiger charge is 2.15. The molecule has 1 N–H and O–H groups in total. The lowest BCUT2D eigenvalue weighted by molar-refractivity contribution is -0.384. The zero-order valence-corrected chi connectivity index (χ0v) is 11.6. The largest absolute Gasteiger partial charge is 0.478 e. The van der Waals surface area contributed by atoms with Gasteiger partial charge in [0.25, 0.3) is 5.69 Å². The van der Waals surface area contributed by atoms with Crippen LogP contribution in [0, 0.1) is 10.1 Å². The van der Waals surface area contributed by atoms with Gasteiger partial charge in [0.2, 0.25) is 5.88 Å². The Labute approximate surface area is 127 Å². The van der Waals surface area contributed by atoms with Gasteiger partial charge < -0.3 is 9.84 Å². The van der Waals surface area contributed by atoms with Crippen molar-refractivity contribution in [3.8, 4) is 11.6 Å². The second-order valence-electron chi connectivity index (χ2n) is 3.79. The van der Waals surface area contributed by atoms with Crippen molar-refractivity contribution < 1.29 is 19.6 Å². The molecule has 9 heteroatoms. The number of aromatic carboxylic acids is 1. The van der Waals surface area contributed by atoms with Crippen LogP contribution in [0.3, 0.4) is 0 Å². The third-order valence-electron chi connectivity index (χ3n) is 2.39. The number of halogens is 2. The number of non-ortho nitro benzene ring substituents is 1. The number of ether oxygens (including phenoxy) is 1. The lowest BCUT2D eigenvalue weighted by Crippen LogP contribution is -1.99. The summed E-state index contributed by atoms with van der Waals surface area (Å²) in [6.07, 6.45) is 1.05. The van der Waals surface area contributed by atoms with E-state index in [4.69, 9.17) is 33.0 Å². The summed E-state index contributed by atoms with van der Waals surface area (Å²) in [6.45, 7) is 0. The van der Waals surface area contributed by atoms with Crippen molar-refractivity contribution in [2.24, 2.45) is 0 Å². The van der Waals surface area contributed by atoms with Crippen LogP contribution in [0.5, 0.6) is 11.6 Å². The Kier molecular flexibility index (Phi) is 4.25. The maximum atomic E-state index is 10.8. The highest BCUT2D eigenvalue weighted by atomic mass is 35.5. The van der Waals surface area contributed by atoms with Gasteiger partial charge in [0.05, 0.1) is 21.6 Å². The minimum absolute atomic E-state index is 0.0108. The predicted molar refractivity (Wildman–Crippen MR) is 74.4 cm³/mol. The molecule has 0 fully saturated rings. The van der Waals surface area contributed by atoms with Crippen LogP contribution >= 0.6 is 23.2 Å². The zero-order valence-electron chi connectivity index (χ0n) is 10.1. The molecule has 0 atom stereocenters. The Morgan fingerprint density at radius 3 is 2.57 bits per heavy atom. The number of nitro groups is 1. The van der Waals surface area contributed by atoms with Crippen molar-refractivity contribution in [1.82, 2.24) is 4.98 Å². The van der Waals surface area contributed by atoms with E-state index < -0.39 is 10.9 Å². The van der Waals surface area contributed by atoms with Gasteiger partial charge in [-0.2, -0.15) is 0 Å². The summed E-state index contributed by atoms with van der Waals surface area (Å²) in [5.41, 5.74) is -0.329. The lowest BCUT2D eigenvalue weighted by Gasteiger charge is -2.08. The molecular weight excluding hydrogens is 323 g/mol. The maximum absolute atomic E-state index is 10.8. The molecule has 2 aromatic rings. The lowest BCUT2D eigenvalue weighted by atomic mass is 10.3. The van der Waals surface area contributed by atoms with Gasteiger partial charge >= 0.3 is 5.97 Å². The van der Waals surface area contributed by atoms with Crippen LogP contribution < -0.4 is 4.74 Å². The van der Waals surface area contributed by atoms with Crippen molar-refractivity contribution >= 4 is 34.9 Å². The molecule has 0 saturated carbocycles. The first kappa shape index (κ1) is 15.0. The van der Waals surface area contributed by atoms with Gasteiger partial charge in [0.1, 0.15) is 5.02 Å². The van der Waals surface area contributed by atoms with Crippen molar-refractivity contribution in [3.63, 3.8) is 0 Å². The van der Waals surface area contributed by atoms with E-state index in [0.717, 1.165) is 18.3 Å². The number of benzene rings is 1. The molecule has 1 aromatic heterocycles. The molecular formula is C12H6Cl2N2O5. The Balaban J connectivity index is 2.36. The van der Waals surface area contributed by atoms with Crippen LogP contribution in [0.2, 0.25) is 10.0 Å². The van der Waals surface area contributed by atoms with Crippen LogP contribution in [0.15, 0.2) is 30.5 Å². The van der Waals surface area contributed by atoms with Crippen LogP contribution in [-0.4, -0.2) is 21.0 Å². The first-order valence-corrected chi connectivity index (χ1v) is 6.14. The molecule has 0 aliphatic rings. The third-order valence-corrected chi connectivity index (χ3v) is 2.97. The number of rotatable bonds is 4. The van der Waals surface area contributed by atoms with Crippen LogP contribution in [0.1, 0.15) is 10.4 Å². The number of hydrogen-bond donors (Lipinski definition) is 1. The number of nitrogens with zero attached hydrogens (tertiary/aromatic N) is 2. The summed E-state index contributed by atoms with van der Waals surface area (Å²) in [5, 5.41) is 19.6. The van der Waals surface area contributed by atoms with E-state index >= 15 is 0 Å². The number of carbonyl (C=O) groups is 1. The number of nitro benzene ring substituents is 1. The van der Waals surface area contributed by atoms with Crippen molar-refractivity contribution in [3.05, 3.63) is 56.2 Å². The van der Waals surface area contributed by atoms with Crippen molar-refractivity contribution in [1.29, 1.82) is 0 Å². The SMILES string of the molecule is O=C(O)c1cnc(Oc2cc([N+](=O)[O-])ccc2Cl)c(Cl)c1. The maximum Gasteiger partial charge on any atom is 0.337 e. The van der Waals surface area contributed by atoms with E-state index in [1.807, 2.05) is 0 Å². The van der Waals surface area contributed by atoms with Crippen molar-refractivity contribution in [2.75, 3.05) is 0 Å². The molecule has 108 valence electrons. The first-order valence-electron chi connectivity index (χ1n) is 5.39. The summed E-state index contributed by atoms with van der Waals surface area (Å²) in [5.74, 6) is -1.31. The molecule has 0 radical (unpaired) electrons. The Bertz CT molecular complexity index is 736. The van der Waals surface area contributed by atoms with Gasteiger partial charge in [-0.3, -0.25) is 10.1 Å². The Morgan fingerprint density at radius 1 is 1.29 bits per heavy atom. The molecule has 0 unspecified atom stereocenters. The molecule has 0 aliphatic heterocycles. The molecule has 0 spiro atoms. The zero-order chi connectivity index (χ0) is 15.6. The Hall–Kier alpha value is -2.38. The average molecular weight is 329 g/mol. The summed E-state index contributed by atoms with van der Waals surface area (Å²) in [6, 6.07) is 4.79. The molecule has 2 rings (SSSR count). The number of aromatic nitrogens is 1. The topological polar surface area (TPSA) is 103 Å². The molecule has 0 aliphatic carbocycles. The highest BCUT2D eigenvalue weighted by Crippen LogP contribution is 2.34. The van der Waals surface area contributed by atoms with Crippen LogP contribution in [0.4, 0.5) is 5.69 Å². The number of pyridine rings is 1. The summed E-state index contributed by atoms with van der Waals surface area (Å²) >= 11 is 11.7. The van der Waals surface area contributed by atoms with Crippen LogP contribution in [-0.2, 0) is 0 Å². The van der Waals surface area contributed by atoms with E-state index in [0.29, 0.717) is 0 Å². The second-order valence-corrected chi connectivity index (χ2v) is 4.60. The number of carboxylic acid groups (broad SMARTS) is 1. The molecule has 0 bridgehead atoms. The second kappa shape index (κ2) is 5.94. The summed E-state index contributed by atoms with van der Waals surface area (Å²) in [7, 11) is 0. The number of hydrogen-bond acceptors (Lipinski definition) is 5. The van der Waals surface area contributed by atoms with Crippen molar-refractivity contribution in [2.45, 2.75) is 0 Å². The van der Waals surface area contributed by atoms with Gasteiger partial charge in [-0.25, -0.2) is 9.78 Å². The van der Waals surface area contributed by atoms with Gasteiger partial charge in [0, 0.05) is 12.3 Å². The van der Waals surface area contributed by atoms with Crippen LogP contribution in [0.25, 0.3) is 0 Å². The van der Waals surface area contributed by atoms with E-state index in [1.165, 1.54) is 12.1 Å². The quantitative estimate of drug-likeness (QED) is 0.676. The molecule has 7 nitrogen and oxygen atoms in total.